The number of para-hydroxylation sites is 4. The summed E-state index contributed by atoms with van der Waals surface area (Å²) in [7, 11) is 0. The minimum atomic E-state index is -0.733. The van der Waals surface area contributed by atoms with Gasteiger partial charge in [-0.1, -0.05) is 48.5 Å². The Kier molecular flexibility index (Phi) is 6.92. The number of hydrogen-bond donors (Lipinski definition) is 3. The number of esters is 1. The van der Waals surface area contributed by atoms with Crippen molar-refractivity contribution in [3.05, 3.63) is 117 Å². The molecule has 1 aliphatic heterocycles. The summed E-state index contributed by atoms with van der Waals surface area (Å²) in [5.74, 6) is -2.21. The molecule has 5 rings (SSSR count). The van der Waals surface area contributed by atoms with E-state index in [1.807, 2.05) is 0 Å². The maximum Gasteiger partial charge on any atom is 0.345 e. The first-order valence-electron chi connectivity index (χ1n) is 12.7. The number of fused-ring (bicyclic) bond motifs is 4. The van der Waals surface area contributed by atoms with Crippen LogP contribution in [0.2, 0.25) is 0 Å². The number of benzene rings is 4. The Morgan fingerprint density at radius 2 is 0.800 bits per heavy atom. The molecule has 0 spiro atoms. The fourth-order valence-electron chi connectivity index (χ4n) is 4.71. The van der Waals surface area contributed by atoms with Crippen LogP contribution in [0.25, 0.3) is 0 Å². The van der Waals surface area contributed by atoms with Gasteiger partial charge in [0.1, 0.15) is 5.75 Å². The molecule has 0 unspecified atom stereocenters. The Hall–Kier alpha value is -5.24. The minimum Gasteiger partial charge on any atom is -0.422 e. The smallest absolute Gasteiger partial charge is 0.345 e. The van der Waals surface area contributed by atoms with Crippen LogP contribution >= 0.6 is 0 Å². The monoisotopic (exact) mass is 533 g/mol. The van der Waals surface area contributed by atoms with Crippen LogP contribution in [0, 0.1) is 27.7 Å². The molecule has 1 heterocycles. The molecular formula is C32H27N3O5. The zero-order chi connectivity index (χ0) is 28.6. The number of nitrogens with one attached hydrogen (secondary N) is 3. The van der Waals surface area contributed by atoms with Crippen molar-refractivity contribution in [1.82, 2.24) is 0 Å². The molecule has 0 bridgehead atoms. The van der Waals surface area contributed by atoms with E-state index >= 15 is 0 Å². The zero-order valence-corrected chi connectivity index (χ0v) is 22.5. The number of carbonyl (C=O) groups excluding carboxylic acids is 4. The van der Waals surface area contributed by atoms with Crippen molar-refractivity contribution in [2.75, 3.05) is 16.0 Å². The summed E-state index contributed by atoms with van der Waals surface area (Å²) in [5.41, 5.74) is 4.06. The van der Waals surface area contributed by atoms with Crippen molar-refractivity contribution in [3.63, 3.8) is 0 Å². The summed E-state index contributed by atoms with van der Waals surface area (Å²) in [6.07, 6.45) is 0. The molecule has 0 fully saturated rings. The SMILES string of the molecule is Cc1cccc2c1NC(=O)c1cccc(C)c1NC(=O)c1cccc(C)c1OC(=O)c1cccc(C)c1NC2=O. The van der Waals surface area contributed by atoms with Crippen LogP contribution in [0.3, 0.4) is 0 Å². The lowest BCUT2D eigenvalue weighted by molar-refractivity contribution is 0.0732. The highest BCUT2D eigenvalue weighted by Crippen LogP contribution is 2.31. The first-order chi connectivity index (χ1) is 19.2. The van der Waals surface area contributed by atoms with Crippen molar-refractivity contribution in [1.29, 1.82) is 0 Å². The van der Waals surface area contributed by atoms with Gasteiger partial charge in [0.05, 0.1) is 39.3 Å². The van der Waals surface area contributed by atoms with Crippen LogP contribution in [0.1, 0.15) is 63.7 Å². The Balaban J connectivity index is 1.73. The highest BCUT2D eigenvalue weighted by Gasteiger charge is 2.26. The van der Waals surface area contributed by atoms with Gasteiger partial charge >= 0.3 is 5.97 Å². The average Bonchev–Trinajstić information content (AvgIpc) is 2.92. The van der Waals surface area contributed by atoms with Crippen LogP contribution in [0.15, 0.2) is 72.8 Å². The third-order valence-corrected chi connectivity index (χ3v) is 6.89. The summed E-state index contributed by atoms with van der Waals surface area (Å²) < 4.78 is 5.81. The Bertz CT molecular complexity index is 1470. The van der Waals surface area contributed by atoms with Gasteiger partial charge in [0.25, 0.3) is 17.7 Å². The normalized spacial score (nSPS) is 13.5. The maximum atomic E-state index is 13.6. The lowest BCUT2D eigenvalue weighted by Crippen LogP contribution is -2.24. The fraction of sp³-hybridized carbons (Fsp3) is 0.125. The number of aryl methyl sites for hydroxylation is 4. The fourth-order valence-corrected chi connectivity index (χ4v) is 4.71. The summed E-state index contributed by atoms with van der Waals surface area (Å²) in [5, 5.41) is 8.56. The summed E-state index contributed by atoms with van der Waals surface area (Å²) in [6.45, 7) is 7.03. The second-order valence-corrected chi connectivity index (χ2v) is 9.70. The van der Waals surface area contributed by atoms with Crippen molar-refractivity contribution >= 4 is 40.8 Å². The van der Waals surface area contributed by atoms with Gasteiger partial charge < -0.3 is 20.7 Å². The van der Waals surface area contributed by atoms with Crippen molar-refractivity contribution < 1.29 is 23.9 Å². The molecule has 0 aliphatic carbocycles. The van der Waals surface area contributed by atoms with Gasteiger partial charge in [-0.25, -0.2) is 4.79 Å². The van der Waals surface area contributed by atoms with E-state index in [1.54, 1.807) is 100 Å². The molecule has 8 nitrogen and oxygen atoms in total. The quantitative estimate of drug-likeness (QED) is 0.184. The first-order valence-corrected chi connectivity index (χ1v) is 12.7. The molecule has 0 radical (unpaired) electrons. The summed E-state index contributed by atoms with van der Waals surface area (Å²) in [4.78, 5) is 54.3. The van der Waals surface area contributed by atoms with Gasteiger partial charge in [-0.05, 0) is 74.2 Å². The topological polar surface area (TPSA) is 114 Å². The highest BCUT2D eigenvalue weighted by molar-refractivity contribution is 6.18. The largest absolute Gasteiger partial charge is 0.422 e. The van der Waals surface area contributed by atoms with Crippen molar-refractivity contribution in [3.8, 4) is 5.75 Å². The van der Waals surface area contributed by atoms with E-state index in [2.05, 4.69) is 16.0 Å². The van der Waals surface area contributed by atoms with Gasteiger partial charge in [0, 0.05) is 0 Å². The molecule has 3 amide bonds. The third-order valence-electron chi connectivity index (χ3n) is 6.89. The minimum absolute atomic E-state index is 0.0800. The molecule has 1 aliphatic rings. The molecule has 0 saturated carbocycles. The lowest BCUT2D eigenvalue weighted by Gasteiger charge is -2.20. The van der Waals surface area contributed by atoms with Crippen molar-refractivity contribution in [2.24, 2.45) is 0 Å². The standard InChI is InChI=1S/C32H27N3O5/c1-17-9-5-13-21-25(17)33-29(36)22-14-6-10-18(2)26(22)34-31(38)24-16-8-12-20(4)28(24)40-32(39)23-15-7-11-19(3)27(23)35-30(21)37/h5-16H,1-4H3,(H,33,36)(H,34,38)(H,35,37). The Morgan fingerprint density at radius 1 is 0.450 bits per heavy atom. The number of carbonyl (C=O) groups is 4. The first kappa shape index (κ1) is 26.4. The van der Waals surface area contributed by atoms with E-state index in [-0.39, 0.29) is 33.7 Å². The van der Waals surface area contributed by atoms with Gasteiger partial charge in [0.15, 0.2) is 0 Å². The average molecular weight is 534 g/mol. The molecule has 3 N–H and O–H groups in total. The van der Waals surface area contributed by atoms with Crippen LogP contribution in [0.5, 0.6) is 5.75 Å². The highest BCUT2D eigenvalue weighted by atomic mass is 16.5. The van der Waals surface area contributed by atoms with Crippen LogP contribution in [-0.2, 0) is 0 Å². The summed E-state index contributed by atoms with van der Waals surface area (Å²) >= 11 is 0. The number of amides is 3. The van der Waals surface area contributed by atoms with Gasteiger partial charge in [0.2, 0.25) is 0 Å². The second kappa shape index (κ2) is 10.5. The van der Waals surface area contributed by atoms with E-state index < -0.39 is 23.7 Å². The molecule has 0 aromatic heterocycles. The number of hydrogen-bond acceptors (Lipinski definition) is 5. The third kappa shape index (κ3) is 4.82. The maximum absolute atomic E-state index is 13.6. The molecule has 8 heteroatoms. The van der Waals surface area contributed by atoms with E-state index in [0.29, 0.717) is 33.6 Å². The van der Waals surface area contributed by atoms with Crippen LogP contribution < -0.4 is 20.7 Å². The predicted molar refractivity (Wildman–Crippen MR) is 154 cm³/mol. The predicted octanol–water partition coefficient (Wildman–Crippen LogP) is 6.21. The van der Waals surface area contributed by atoms with E-state index in [4.69, 9.17) is 4.74 Å². The molecule has 4 aromatic carbocycles. The second-order valence-electron chi connectivity index (χ2n) is 9.70. The van der Waals surface area contributed by atoms with Gasteiger partial charge in [-0.2, -0.15) is 0 Å². The number of anilines is 3. The Morgan fingerprint density at radius 3 is 1.27 bits per heavy atom. The van der Waals surface area contributed by atoms with Gasteiger partial charge in [-0.3, -0.25) is 14.4 Å². The van der Waals surface area contributed by atoms with Gasteiger partial charge in [-0.15, -0.1) is 0 Å². The number of ether oxygens (including phenoxy) is 1. The van der Waals surface area contributed by atoms with Crippen LogP contribution in [-0.4, -0.2) is 23.7 Å². The number of rotatable bonds is 0. The van der Waals surface area contributed by atoms with E-state index in [9.17, 15) is 19.2 Å². The van der Waals surface area contributed by atoms with E-state index in [0.717, 1.165) is 0 Å². The molecular weight excluding hydrogens is 506 g/mol. The van der Waals surface area contributed by atoms with Crippen molar-refractivity contribution in [2.45, 2.75) is 27.7 Å². The molecule has 200 valence electrons. The van der Waals surface area contributed by atoms with Crippen LogP contribution in [0.4, 0.5) is 17.1 Å². The van der Waals surface area contributed by atoms with E-state index in [1.165, 1.54) is 0 Å². The Labute approximate surface area is 231 Å². The molecule has 40 heavy (non-hydrogen) atoms. The zero-order valence-electron chi connectivity index (χ0n) is 22.5. The molecule has 0 saturated heterocycles. The molecule has 4 aromatic rings. The molecule has 0 atom stereocenters. The lowest BCUT2D eigenvalue weighted by atomic mass is 10.0. The summed E-state index contributed by atoms with van der Waals surface area (Å²) in [6, 6.07) is 20.1.